The van der Waals surface area contributed by atoms with Crippen molar-refractivity contribution in [3.8, 4) is 23.0 Å². The summed E-state index contributed by atoms with van der Waals surface area (Å²) in [5, 5.41) is 7.85. The van der Waals surface area contributed by atoms with Crippen LogP contribution in [0, 0.1) is 6.92 Å². The molecule has 0 radical (unpaired) electrons. The Bertz CT molecular complexity index is 2740. The van der Waals surface area contributed by atoms with Crippen LogP contribution in [-0.4, -0.2) is 19.3 Å². The fraction of sp³-hybridized carbons (Fsp3) is 0.231. The Morgan fingerprint density at radius 1 is 0.737 bits per heavy atom. The highest BCUT2D eigenvalue weighted by atomic mass is 16.5. The number of hydrogen-bond acceptors (Lipinski definition) is 3. The van der Waals surface area contributed by atoms with Crippen molar-refractivity contribution in [2.24, 2.45) is 0 Å². The van der Waals surface area contributed by atoms with Gasteiger partial charge >= 0.3 is 0 Å². The maximum absolute atomic E-state index is 6.87. The van der Waals surface area contributed by atoms with Crippen LogP contribution in [0.3, 0.4) is 0 Å². The topological polar surface area (TPSA) is 44.9 Å². The van der Waals surface area contributed by atoms with Gasteiger partial charge in [-0.1, -0.05) is 113 Å². The van der Waals surface area contributed by atoms with Gasteiger partial charge in [-0.3, -0.25) is 4.57 Å². The third-order valence-electron chi connectivity index (χ3n) is 11.8. The van der Waals surface area contributed by atoms with Gasteiger partial charge in [0.05, 0.1) is 22.4 Å². The molecule has 284 valence electrons. The first kappa shape index (κ1) is 36.4. The lowest BCUT2D eigenvalue weighted by Gasteiger charge is -2.34. The van der Waals surface area contributed by atoms with Crippen LogP contribution in [0.5, 0.6) is 11.5 Å². The van der Waals surface area contributed by atoms with Crippen LogP contribution in [0.25, 0.3) is 38.9 Å². The molecule has 9 rings (SSSR count). The molecule has 0 spiro atoms. The monoisotopic (exact) mass is 746 g/mol. The van der Waals surface area contributed by atoms with E-state index >= 15 is 0 Å². The van der Waals surface area contributed by atoms with Gasteiger partial charge in [0, 0.05) is 46.3 Å². The van der Waals surface area contributed by atoms with Crippen molar-refractivity contribution in [2.45, 2.75) is 78.1 Å². The van der Waals surface area contributed by atoms with E-state index in [1.165, 1.54) is 55.6 Å². The molecule has 1 aliphatic carbocycles. The van der Waals surface area contributed by atoms with E-state index in [0.717, 1.165) is 59.7 Å². The normalized spacial score (nSPS) is 15.7. The first-order chi connectivity index (χ1) is 27.9. The Kier molecular flexibility index (Phi) is 9.83. The fourth-order valence-electron chi connectivity index (χ4n) is 9.12. The Morgan fingerprint density at radius 3 is 2.25 bits per heavy atom. The van der Waals surface area contributed by atoms with Crippen LogP contribution in [0.15, 0.2) is 146 Å². The molecule has 2 atom stereocenters. The van der Waals surface area contributed by atoms with E-state index in [0.29, 0.717) is 11.8 Å². The van der Waals surface area contributed by atoms with E-state index in [2.05, 4.69) is 177 Å². The number of para-hydroxylation sites is 1. The first-order valence-electron chi connectivity index (χ1n) is 20.6. The number of hydrogen-bond donors (Lipinski definition) is 0. The van der Waals surface area contributed by atoms with Crippen LogP contribution >= 0.6 is 0 Å². The molecule has 0 unspecified atom stereocenters. The molecule has 0 saturated heterocycles. The molecule has 0 N–H and O–H groups in total. The van der Waals surface area contributed by atoms with E-state index in [-0.39, 0.29) is 5.92 Å². The minimum atomic E-state index is 0.188. The van der Waals surface area contributed by atoms with Crippen LogP contribution in [0.4, 0.5) is 0 Å². The molecular weight excluding hydrogens is 697 g/mol. The molecule has 8 aromatic rings. The molecule has 1 aliphatic rings. The van der Waals surface area contributed by atoms with Crippen LogP contribution in [0.1, 0.15) is 97.5 Å². The minimum absolute atomic E-state index is 0.188. The number of ether oxygens (including phenoxy) is 1. The van der Waals surface area contributed by atoms with Gasteiger partial charge < -0.3 is 4.74 Å². The number of fused-ring (bicyclic) bond motifs is 3. The van der Waals surface area contributed by atoms with Crippen molar-refractivity contribution in [1.82, 2.24) is 19.3 Å². The van der Waals surface area contributed by atoms with E-state index < -0.39 is 0 Å². The molecule has 3 aromatic heterocycles. The summed E-state index contributed by atoms with van der Waals surface area (Å²) in [6, 6.07) is 48.0. The van der Waals surface area contributed by atoms with Crippen LogP contribution < -0.4 is 4.74 Å². The zero-order chi connectivity index (χ0) is 39.0. The lowest BCUT2D eigenvalue weighted by atomic mass is 9.69. The highest BCUT2D eigenvalue weighted by molar-refractivity contribution is 6.09. The van der Waals surface area contributed by atoms with E-state index in [1.807, 2.05) is 12.3 Å². The van der Waals surface area contributed by atoms with Crippen molar-refractivity contribution >= 4 is 27.4 Å². The zero-order valence-electron chi connectivity index (χ0n) is 33.6. The fourth-order valence-corrected chi connectivity index (χ4v) is 9.12. The second-order valence-corrected chi connectivity index (χ2v) is 15.8. The quantitative estimate of drug-likeness (QED) is 0.140. The molecule has 0 saturated carbocycles. The molecule has 0 amide bonds. The Morgan fingerprint density at radius 2 is 1.49 bits per heavy atom. The summed E-state index contributed by atoms with van der Waals surface area (Å²) in [5.41, 5.74) is 13.5. The predicted octanol–water partition coefficient (Wildman–Crippen LogP) is 13.5. The molecule has 3 heterocycles. The summed E-state index contributed by atoms with van der Waals surface area (Å²) < 4.78 is 11.3. The standard InChI is InChI=1S/C52H50N4O/c1-6-46-52(51-42(36-17-10-8-11-18-36)22-16-23-43(51)37-19-12-9-13-20-37)47(7-2)56(54-46)39-30-38(34(3)4)31-41(32-39)57-40-25-26-45-44-21-14-15-24-48(44)55(49(45)33-40)50-29-35(5)27-28-53-50/h8-15,17-22,24-34,43,51H,6-7,16,23H2,1-5H3/t43-,51-/m1/s1. The number of aryl methyl sites for hydroxylation is 2. The molecule has 57 heavy (non-hydrogen) atoms. The minimum Gasteiger partial charge on any atom is -0.457 e. The largest absolute Gasteiger partial charge is 0.457 e. The Labute approximate surface area is 336 Å². The van der Waals surface area contributed by atoms with Gasteiger partial charge in [0.25, 0.3) is 0 Å². The number of nitrogens with zero attached hydrogens (tertiary/aromatic N) is 4. The zero-order valence-corrected chi connectivity index (χ0v) is 33.6. The van der Waals surface area contributed by atoms with Gasteiger partial charge in [-0.2, -0.15) is 5.10 Å². The average molecular weight is 747 g/mol. The molecule has 0 bridgehead atoms. The molecule has 5 aromatic carbocycles. The smallest absolute Gasteiger partial charge is 0.137 e. The number of allylic oxidation sites excluding steroid dienone is 2. The van der Waals surface area contributed by atoms with Gasteiger partial charge in [-0.25, -0.2) is 9.67 Å². The van der Waals surface area contributed by atoms with Crippen LogP contribution in [0.2, 0.25) is 0 Å². The average Bonchev–Trinajstić information content (AvgIpc) is 3.79. The van der Waals surface area contributed by atoms with Gasteiger partial charge in [-0.15, -0.1) is 0 Å². The molecule has 0 aliphatic heterocycles. The van der Waals surface area contributed by atoms with Gasteiger partial charge in [0.15, 0.2) is 0 Å². The number of rotatable bonds is 10. The second-order valence-electron chi connectivity index (χ2n) is 15.8. The van der Waals surface area contributed by atoms with Crippen molar-refractivity contribution < 1.29 is 4.74 Å². The highest BCUT2D eigenvalue weighted by Crippen LogP contribution is 2.51. The third kappa shape index (κ3) is 6.75. The van der Waals surface area contributed by atoms with E-state index in [1.54, 1.807) is 0 Å². The summed E-state index contributed by atoms with van der Waals surface area (Å²) in [6.45, 7) is 11.1. The van der Waals surface area contributed by atoms with Crippen molar-refractivity contribution in [3.63, 3.8) is 0 Å². The summed E-state index contributed by atoms with van der Waals surface area (Å²) in [7, 11) is 0. The number of aromatic nitrogens is 4. The van der Waals surface area contributed by atoms with Gasteiger partial charge in [0.1, 0.15) is 17.3 Å². The number of benzene rings is 5. The van der Waals surface area contributed by atoms with Gasteiger partial charge in [0.2, 0.25) is 0 Å². The highest BCUT2D eigenvalue weighted by Gasteiger charge is 2.36. The van der Waals surface area contributed by atoms with Gasteiger partial charge in [-0.05, 0) is 115 Å². The first-order valence-corrected chi connectivity index (χ1v) is 20.6. The predicted molar refractivity (Wildman–Crippen MR) is 235 cm³/mol. The van der Waals surface area contributed by atoms with Crippen LogP contribution in [-0.2, 0) is 12.8 Å². The Balaban J connectivity index is 1.17. The molecule has 0 fully saturated rings. The second kappa shape index (κ2) is 15.4. The van der Waals surface area contributed by atoms with E-state index in [4.69, 9.17) is 14.8 Å². The number of pyridine rings is 1. The van der Waals surface area contributed by atoms with Crippen molar-refractivity contribution in [1.29, 1.82) is 0 Å². The molecule has 5 heteroatoms. The van der Waals surface area contributed by atoms with Crippen molar-refractivity contribution in [3.05, 3.63) is 185 Å². The van der Waals surface area contributed by atoms with E-state index in [9.17, 15) is 0 Å². The Hall–Kier alpha value is -6.20. The lowest BCUT2D eigenvalue weighted by Crippen LogP contribution is -2.19. The summed E-state index contributed by atoms with van der Waals surface area (Å²) >= 11 is 0. The SMILES string of the molecule is CCc1nn(-c2cc(Oc3ccc4c5ccccc5n(-c5cc(C)ccn5)c4c3)cc(C(C)C)c2)c(CC)c1[C@@H]1C(c2ccccc2)=CCC[C@@H]1c1ccccc1. The summed E-state index contributed by atoms with van der Waals surface area (Å²) in [4.78, 5) is 4.79. The summed E-state index contributed by atoms with van der Waals surface area (Å²) in [5.74, 6) is 3.31. The lowest BCUT2D eigenvalue weighted by molar-refractivity contribution is 0.481. The third-order valence-corrected chi connectivity index (χ3v) is 11.8. The molecular formula is C52H50N4O. The van der Waals surface area contributed by atoms with Crippen molar-refractivity contribution in [2.75, 3.05) is 0 Å². The maximum atomic E-state index is 6.87. The molecule has 5 nitrogen and oxygen atoms in total. The maximum Gasteiger partial charge on any atom is 0.137 e. The summed E-state index contributed by atoms with van der Waals surface area (Å²) in [6.07, 6.45) is 8.25.